The lowest BCUT2D eigenvalue weighted by Crippen LogP contribution is -2.01. The molecule has 4 nitrogen and oxygen atoms in total. The van der Waals surface area contributed by atoms with Gasteiger partial charge < -0.3 is 13.4 Å². The predicted octanol–water partition coefficient (Wildman–Crippen LogP) is 9.20. The van der Waals surface area contributed by atoms with Gasteiger partial charge in [0.05, 0.1) is 17.6 Å². The molecule has 178 valence electrons. The largest absolute Gasteiger partial charge is 0.459 e. The van der Waals surface area contributed by atoms with Crippen LogP contribution in [0.25, 0.3) is 45.3 Å². The third kappa shape index (κ3) is 3.93. The van der Waals surface area contributed by atoms with Crippen LogP contribution in [-0.4, -0.2) is 9.55 Å². The Labute approximate surface area is 218 Å². The molecule has 0 bridgehead atoms. The lowest BCUT2D eigenvalue weighted by molar-refractivity contribution is 0.506. The molecule has 0 aliphatic rings. The summed E-state index contributed by atoms with van der Waals surface area (Å²) in [5.41, 5.74) is 5.81. The van der Waals surface area contributed by atoms with E-state index in [2.05, 4.69) is 10.6 Å². The van der Waals surface area contributed by atoms with Crippen molar-refractivity contribution in [1.29, 1.82) is 0 Å². The molecule has 0 radical (unpaired) electrons. The lowest BCUT2D eigenvalue weighted by Gasteiger charge is -2.07. The first-order valence-electron chi connectivity index (χ1n) is 11.6. The Balaban J connectivity index is 1.41. The highest BCUT2D eigenvalue weighted by atomic mass is 35.5. The van der Waals surface area contributed by atoms with E-state index in [1.165, 1.54) is 0 Å². The molecule has 3 heterocycles. The van der Waals surface area contributed by atoms with Gasteiger partial charge in [-0.1, -0.05) is 59.6 Å². The Kier molecular flexibility index (Phi) is 5.71. The number of halogens is 2. The predicted molar refractivity (Wildman–Crippen MR) is 146 cm³/mol. The molecule has 3 aromatic heterocycles. The smallest absolute Gasteiger partial charge is 0.177 e. The highest BCUT2D eigenvalue weighted by Gasteiger charge is 2.19. The summed E-state index contributed by atoms with van der Waals surface area (Å²) in [6.45, 7) is 4.49. The van der Waals surface area contributed by atoms with E-state index in [0.717, 1.165) is 61.4 Å². The fourth-order valence-electron chi connectivity index (χ4n) is 4.54. The van der Waals surface area contributed by atoms with Gasteiger partial charge in [0.1, 0.15) is 17.3 Å². The summed E-state index contributed by atoms with van der Waals surface area (Å²) < 4.78 is 14.7. The monoisotopic (exact) mass is 512 g/mol. The first kappa shape index (κ1) is 22.7. The Morgan fingerprint density at radius 3 is 2.00 bits per heavy atom. The topological polar surface area (TPSA) is 44.1 Å². The third-order valence-electron chi connectivity index (χ3n) is 6.52. The Morgan fingerprint density at radius 1 is 0.667 bits per heavy atom. The molecule has 0 amide bonds. The van der Waals surface area contributed by atoms with Gasteiger partial charge >= 0.3 is 0 Å². The summed E-state index contributed by atoms with van der Waals surface area (Å²) >= 11 is 12.7. The molecule has 0 aliphatic heterocycles. The number of aromatic nitrogens is 2. The summed E-state index contributed by atoms with van der Waals surface area (Å²) in [4.78, 5) is 4.90. The minimum Gasteiger partial charge on any atom is -0.459 e. The standard InChI is InChI=1S/C30H22Cl2N2O2/c1-18-21(7-5-9-23(18)31)27-14-13-20(35-27)17-34-26-12-4-3-11-25(26)33-30(34)29-16-15-28(36-29)22-8-6-10-24(32)19(22)2/h3-16H,17H2,1-2H3. The van der Waals surface area contributed by atoms with Crippen LogP contribution in [-0.2, 0) is 6.54 Å². The van der Waals surface area contributed by atoms with E-state index < -0.39 is 0 Å². The number of hydrogen-bond acceptors (Lipinski definition) is 3. The van der Waals surface area contributed by atoms with Crippen molar-refractivity contribution in [2.45, 2.75) is 20.4 Å². The second kappa shape index (κ2) is 9.05. The Hall–Kier alpha value is -3.73. The summed E-state index contributed by atoms with van der Waals surface area (Å²) in [5.74, 6) is 3.76. The van der Waals surface area contributed by atoms with E-state index in [9.17, 15) is 0 Å². The second-order valence-corrected chi connectivity index (χ2v) is 9.58. The molecule has 6 rings (SSSR count). The second-order valence-electron chi connectivity index (χ2n) is 8.76. The maximum atomic E-state index is 6.35. The molecular weight excluding hydrogens is 491 g/mol. The highest BCUT2D eigenvalue weighted by Crippen LogP contribution is 2.35. The van der Waals surface area contributed by atoms with Crippen LogP contribution in [0.1, 0.15) is 16.9 Å². The molecule has 0 saturated heterocycles. The van der Waals surface area contributed by atoms with Crippen molar-refractivity contribution in [3.8, 4) is 34.2 Å². The van der Waals surface area contributed by atoms with Crippen molar-refractivity contribution in [1.82, 2.24) is 9.55 Å². The van der Waals surface area contributed by atoms with Crippen LogP contribution < -0.4 is 0 Å². The van der Waals surface area contributed by atoms with Crippen molar-refractivity contribution in [2.75, 3.05) is 0 Å². The Bertz CT molecular complexity index is 1720. The minimum absolute atomic E-state index is 0.502. The van der Waals surface area contributed by atoms with Crippen LogP contribution >= 0.6 is 23.2 Å². The van der Waals surface area contributed by atoms with Crippen LogP contribution in [0.2, 0.25) is 10.0 Å². The molecule has 3 aromatic carbocycles. The quantitative estimate of drug-likeness (QED) is 0.231. The van der Waals surface area contributed by atoms with Gasteiger partial charge in [0.25, 0.3) is 0 Å². The maximum absolute atomic E-state index is 6.35. The van der Waals surface area contributed by atoms with Gasteiger partial charge in [0, 0.05) is 21.2 Å². The van der Waals surface area contributed by atoms with Crippen molar-refractivity contribution < 1.29 is 8.83 Å². The fourth-order valence-corrected chi connectivity index (χ4v) is 4.89. The van der Waals surface area contributed by atoms with Crippen molar-refractivity contribution >= 4 is 34.2 Å². The average molecular weight is 513 g/mol. The zero-order valence-electron chi connectivity index (χ0n) is 19.8. The molecule has 36 heavy (non-hydrogen) atoms. The van der Waals surface area contributed by atoms with Crippen molar-refractivity contribution in [3.05, 3.63) is 112 Å². The molecule has 0 fully saturated rings. The van der Waals surface area contributed by atoms with Crippen LogP contribution in [0.5, 0.6) is 0 Å². The summed E-state index contributed by atoms with van der Waals surface area (Å²) in [7, 11) is 0. The number of rotatable bonds is 5. The van der Waals surface area contributed by atoms with E-state index in [-0.39, 0.29) is 0 Å². The number of hydrogen-bond donors (Lipinski definition) is 0. The third-order valence-corrected chi connectivity index (χ3v) is 7.34. The van der Waals surface area contributed by atoms with Crippen molar-refractivity contribution in [2.24, 2.45) is 0 Å². The minimum atomic E-state index is 0.502. The number of benzene rings is 3. The van der Waals surface area contributed by atoms with Crippen LogP contribution in [0.4, 0.5) is 0 Å². The molecule has 0 aliphatic carbocycles. The Morgan fingerprint density at radius 2 is 1.28 bits per heavy atom. The molecular formula is C30H22Cl2N2O2. The number of para-hydroxylation sites is 2. The summed E-state index contributed by atoms with van der Waals surface area (Å²) in [6.07, 6.45) is 0. The van der Waals surface area contributed by atoms with Gasteiger partial charge in [-0.05, 0) is 73.5 Å². The average Bonchev–Trinajstić information content (AvgIpc) is 3.62. The van der Waals surface area contributed by atoms with Crippen LogP contribution in [0.3, 0.4) is 0 Å². The van der Waals surface area contributed by atoms with E-state index in [0.29, 0.717) is 17.3 Å². The van der Waals surface area contributed by atoms with Gasteiger partial charge in [0.2, 0.25) is 0 Å². The number of nitrogens with zero attached hydrogens (tertiary/aromatic N) is 2. The molecule has 0 spiro atoms. The normalized spacial score (nSPS) is 11.4. The van der Waals surface area contributed by atoms with Crippen LogP contribution in [0.15, 0.2) is 93.8 Å². The van der Waals surface area contributed by atoms with Gasteiger partial charge in [-0.15, -0.1) is 0 Å². The molecule has 0 atom stereocenters. The first-order chi connectivity index (χ1) is 17.5. The molecule has 0 N–H and O–H groups in total. The molecule has 0 saturated carbocycles. The first-order valence-corrected chi connectivity index (χ1v) is 12.4. The fraction of sp³-hybridized carbons (Fsp3) is 0.100. The number of furan rings is 2. The van der Waals surface area contributed by atoms with Gasteiger partial charge in [-0.2, -0.15) is 0 Å². The van der Waals surface area contributed by atoms with Crippen molar-refractivity contribution in [3.63, 3.8) is 0 Å². The zero-order chi connectivity index (χ0) is 24.8. The lowest BCUT2D eigenvalue weighted by atomic mass is 10.1. The van der Waals surface area contributed by atoms with Gasteiger partial charge in [-0.3, -0.25) is 0 Å². The van der Waals surface area contributed by atoms with Crippen LogP contribution in [0, 0.1) is 13.8 Å². The zero-order valence-corrected chi connectivity index (χ0v) is 21.3. The highest BCUT2D eigenvalue weighted by molar-refractivity contribution is 6.32. The molecule has 0 unspecified atom stereocenters. The molecule has 6 heteroatoms. The van der Waals surface area contributed by atoms with E-state index in [1.54, 1.807) is 0 Å². The van der Waals surface area contributed by atoms with E-state index in [1.807, 2.05) is 92.7 Å². The van der Waals surface area contributed by atoms with E-state index >= 15 is 0 Å². The number of imidazole rings is 1. The van der Waals surface area contributed by atoms with Gasteiger partial charge in [-0.25, -0.2) is 4.98 Å². The summed E-state index contributed by atoms with van der Waals surface area (Å²) in [6, 6.07) is 27.6. The van der Waals surface area contributed by atoms with Gasteiger partial charge in [0.15, 0.2) is 11.6 Å². The number of fused-ring (bicyclic) bond motifs is 1. The summed E-state index contributed by atoms with van der Waals surface area (Å²) in [5, 5.41) is 1.43. The molecule has 6 aromatic rings. The van der Waals surface area contributed by atoms with E-state index in [4.69, 9.17) is 37.0 Å². The maximum Gasteiger partial charge on any atom is 0.177 e. The SMILES string of the molecule is Cc1c(Cl)cccc1-c1ccc(Cn2c(-c3ccc(-c4cccc(Cl)c4C)o3)nc3ccccc32)o1.